The van der Waals surface area contributed by atoms with Crippen molar-refractivity contribution in [2.45, 2.75) is 475 Å². The maximum absolute atomic E-state index is 12.5. The van der Waals surface area contributed by atoms with Gasteiger partial charge in [-0.15, -0.1) is 0 Å². The van der Waals surface area contributed by atoms with Crippen LogP contribution in [0.25, 0.3) is 0 Å². The van der Waals surface area contributed by atoms with Crippen LogP contribution in [-0.4, -0.2) is 47.4 Å². The van der Waals surface area contributed by atoms with E-state index < -0.39 is 12.1 Å². The second-order valence-electron chi connectivity index (χ2n) is 27.4. The maximum Gasteiger partial charge on any atom is 0.305 e. The van der Waals surface area contributed by atoms with Crippen molar-refractivity contribution >= 4 is 11.9 Å². The zero-order valence-corrected chi connectivity index (χ0v) is 57.7. The van der Waals surface area contributed by atoms with Crippen LogP contribution in [0.3, 0.4) is 0 Å². The van der Waals surface area contributed by atoms with E-state index in [9.17, 15) is 19.8 Å². The molecule has 0 fully saturated rings. The smallest absolute Gasteiger partial charge is 0.305 e. The standard InChI is InChI=1S/C78H155NO5/c1-3-5-7-9-11-13-15-17-18-44-47-50-54-58-62-66-70-76(81)75(74-80)79-77(82)71-67-63-59-55-51-48-45-42-40-38-36-34-32-30-28-26-24-22-20-19-21-23-25-27-29-31-33-35-37-39-41-43-46-49-53-57-61-65-69-73-84-78(83)72-68-64-60-56-52-16-14-12-10-8-6-4-2/h75-76,80-81H,3-74H2,1-2H3,(H,79,82). The van der Waals surface area contributed by atoms with Gasteiger partial charge in [-0.25, -0.2) is 0 Å². The summed E-state index contributed by atoms with van der Waals surface area (Å²) in [5.74, 6) is 0.00169. The number of nitrogens with one attached hydrogen (secondary N) is 1. The first-order valence-electron chi connectivity index (χ1n) is 39.3. The molecule has 6 heteroatoms. The van der Waals surface area contributed by atoms with Gasteiger partial charge in [0.05, 0.1) is 25.4 Å². The van der Waals surface area contributed by atoms with Crippen LogP contribution in [0.1, 0.15) is 463 Å². The molecule has 0 aliphatic rings. The Morgan fingerprint density at radius 1 is 0.286 bits per heavy atom. The van der Waals surface area contributed by atoms with E-state index >= 15 is 0 Å². The molecule has 0 spiro atoms. The van der Waals surface area contributed by atoms with Gasteiger partial charge in [-0.3, -0.25) is 9.59 Å². The lowest BCUT2D eigenvalue weighted by Gasteiger charge is -2.22. The van der Waals surface area contributed by atoms with Gasteiger partial charge in [0.25, 0.3) is 0 Å². The Morgan fingerprint density at radius 3 is 0.726 bits per heavy atom. The van der Waals surface area contributed by atoms with Gasteiger partial charge in [-0.05, 0) is 25.7 Å². The van der Waals surface area contributed by atoms with Gasteiger partial charge in [-0.1, -0.05) is 425 Å². The average molecular weight is 1190 g/mol. The van der Waals surface area contributed by atoms with E-state index in [0.29, 0.717) is 25.9 Å². The molecule has 2 unspecified atom stereocenters. The number of carbonyl (C=O) groups excluding carboxylic acids is 2. The summed E-state index contributed by atoms with van der Waals surface area (Å²) >= 11 is 0. The monoisotopic (exact) mass is 1190 g/mol. The zero-order chi connectivity index (χ0) is 60.6. The van der Waals surface area contributed by atoms with Crippen molar-refractivity contribution < 1.29 is 24.5 Å². The summed E-state index contributed by atoms with van der Waals surface area (Å²) in [5, 5.41) is 23.4. The van der Waals surface area contributed by atoms with Crippen LogP contribution in [0.15, 0.2) is 0 Å². The minimum absolute atomic E-state index is 0.0242. The van der Waals surface area contributed by atoms with E-state index in [1.807, 2.05) is 0 Å². The number of unbranched alkanes of at least 4 members (excludes halogenated alkanes) is 64. The fraction of sp³-hybridized carbons (Fsp3) is 0.974. The predicted octanol–water partition coefficient (Wildman–Crippen LogP) is 25.7. The first-order valence-corrected chi connectivity index (χ1v) is 39.3. The summed E-state index contributed by atoms with van der Waals surface area (Å²) in [4.78, 5) is 24.6. The molecule has 84 heavy (non-hydrogen) atoms. The fourth-order valence-corrected chi connectivity index (χ4v) is 12.9. The molecular weight excluding hydrogens is 1030 g/mol. The lowest BCUT2D eigenvalue weighted by Crippen LogP contribution is -2.45. The summed E-state index contributed by atoms with van der Waals surface area (Å²) < 4.78 is 5.49. The summed E-state index contributed by atoms with van der Waals surface area (Å²) in [7, 11) is 0. The van der Waals surface area contributed by atoms with E-state index in [1.165, 1.54) is 392 Å². The molecule has 0 bridgehead atoms. The van der Waals surface area contributed by atoms with Gasteiger partial charge in [0.2, 0.25) is 5.91 Å². The molecule has 2 atom stereocenters. The first-order chi connectivity index (χ1) is 41.5. The van der Waals surface area contributed by atoms with E-state index in [1.54, 1.807) is 0 Å². The third kappa shape index (κ3) is 70.0. The normalized spacial score (nSPS) is 12.4. The Balaban J connectivity index is 3.28. The Labute approximate surface area is 527 Å². The minimum Gasteiger partial charge on any atom is -0.466 e. The number of hydrogen-bond donors (Lipinski definition) is 3. The molecular formula is C78H155NO5. The molecule has 0 rings (SSSR count). The number of aliphatic hydroxyl groups is 2. The summed E-state index contributed by atoms with van der Waals surface area (Å²) in [6.45, 7) is 5.01. The van der Waals surface area contributed by atoms with Crippen LogP contribution in [0.4, 0.5) is 0 Å². The molecule has 502 valence electrons. The topological polar surface area (TPSA) is 95.9 Å². The molecule has 0 saturated carbocycles. The molecule has 0 aromatic rings. The van der Waals surface area contributed by atoms with Gasteiger partial charge in [0, 0.05) is 12.8 Å². The van der Waals surface area contributed by atoms with Crippen LogP contribution in [0.5, 0.6) is 0 Å². The number of rotatable bonds is 75. The van der Waals surface area contributed by atoms with Crippen LogP contribution >= 0.6 is 0 Å². The summed E-state index contributed by atoms with van der Waals surface area (Å²) in [6.07, 6.45) is 92.1. The van der Waals surface area contributed by atoms with E-state index in [-0.39, 0.29) is 18.5 Å². The average Bonchev–Trinajstić information content (AvgIpc) is 3.50. The number of esters is 1. The molecule has 1 amide bonds. The molecule has 3 N–H and O–H groups in total. The third-order valence-electron chi connectivity index (χ3n) is 18.9. The number of aliphatic hydroxyl groups excluding tert-OH is 2. The highest BCUT2D eigenvalue weighted by Gasteiger charge is 2.20. The third-order valence-corrected chi connectivity index (χ3v) is 18.9. The Hall–Kier alpha value is -1.14. The summed E-state index contributed by atoms with van der Waals surface area (Å²) in [6, 6.07) is -0.536. The van der Waals surface area contributed by atoms with Crippen molar-refractivity contribution in [3.05, 3.63) is 0 Å². The number of hydrogen-bond acceptors (Lipinski definition) is 5. The van der Waals surface area contributed by atoms with Crippen LogP contribution < -0.4 is 5.32 Å². The molecule has 0 aromatic heterocycles. The van der Waals surface area contributed by atoms with Gasteiger partial charge in [-0.2, -0.15) is 0 Å². The van der Waals surface area contributed by atoms with E-state index in [0.717, 1.165) is 38.5 Å². The molecule has 0 saturated heterocycles. The first kappa shape index (κ1) is 82.9. The van der Waals surface area contributed by atoms with E-state index in [4.69, 9.17) is 4.74 Å². The molecule has 0 aliphatic carbocycles. The van der Waals surface area contributed by atoms with Gasteiger partial charge < -0.3 is 20.3 Å². The SMILES string of the molecule is CCCCCCCCCCCCCCCCCCC(O)C(CO)NC(=O)CCCCCCCCCCCCCCCCCCCCCCCCCCCCCCCCCCCCCCCCCOC(=O)CCCCCCCCCCCCCC. The molecule has 0 heterocycles. The molecule has 6 nitrogen and oxygen atoms in total. The molecule has 0 aliphatic heterocycles. The lowest BCUT2D eigenvalue weighted by molar-refractivity contribution is -0.143. The van der Waals surface area contributed by atoms with Crippen molar-refractivity contribution in [3.63, 3.8) is 0 Å². The zero-order valence-electron chi connectivity index (χ0n) is 57.7. The Kier molecular flexibility index (Phi) is 73.3. The van der Waals surface area contributed by atoms with Crippen molar-refractivity contribution in [1.29, 1.82) is 0 Å². The van der Waals surface area contributed by atoms with Crippen molar-refractivity contribution in [2.24, 2.45) is 0 Å². The quantitative estimate of drug-likeness (QED) is 0.0417. The van der Waals surface area contributed by atoms with Crippen LogP contribution in [0.2, 0.25) is 0 Å². The fourth-order valence-electron chi connectivity index (χ4n) is 12.9. The molecule has 0 radical (unpaired) electrons. The van der Waals surface area contributed by atoms with Gasteiger partial charge >= 0.3 is 5.97 Å². The predicted molar refractivity (Wildman–Crippen MR) is 371 cm³/mol. The second kappa shape index (κ2) is 74.3. The van der Waals surface area contributed by atoms with Gasteiger partial charge in [0.1, 0.15) is 0 Å². The Morgan fingerprint density at radius 2 is 0.488 bits per heavy atom. The highest BCUT2D eigenvalue weighted by Crippen LogP contribution is 2.21. The summed E-state index contributed by atoms with van der Waals surface area (Å²) in [5.41, 5.74) is 0. The van der Waals surface area contributed by atoms with Crippen LogP contribution in [0, 0.1) is 0 Å². The largest absolute Gasteiger partial charge is 0.466 e. The maximum atomic E-state index is 12.5. The minimum atomic E-state index is -0.659. The second-order valence-corrected chi connectivity index (χ2v) is 27.4. The molecule has 0 aromatic carbocycles. The van der Waals surface area contributed by atoms with Crippen molar-refractivity contribution in [1.82, 2.24) is 5.32 Å². The highest BCUT2D eigenvalue weighted by molar-refractivity contribution is 5.76. The highest BCUT2D eigenvalue weighted by atomic mass is 16.5. The Bertz CT molecular complexity index is 1230. The number of carbonyl (C=O) groups is 2. The lowest BCUT2D eigenvalue weighted by atomic mass is 10.0. The van der Waals surface area contributed by atoms with E-state index in [2.05, 4.69) is 19.2 Å². The number of ether oxygens (including phenoxy) is 1. The van der Waals surface area contributed by atoms with Gasteiger partial charge in [0.15, 0.2) is 0 Å². The van der Waals surface area contributed by atoms with Crippen molar-refractivity contribution in [2.75, 3.05) is 13.2 Å². The van der Waals surface area contributed by atoms with Crippen LogP contribution in [-0.2, 0) is 14.3 Å². The number of amides is 1. The van der Waals surface area contributed by atoms with Crippen molar-refractivity contribution in [3.8, 4) is 0 Å².